The molecule has 202 valence electrons. The Labute approximate surface area is 219 Å². The largest absolute Gasteiger partial charge is 0.392 e. The van der Waals surface area contributed by atoms with Crippen LogP contribution < -0.4 is 5.32 Å². The maximum Gasteiger partial charge on any atom is 0.253 e. The van der Waals surface area contributed by atoms with Crippen molar-refractivity contribution in [2.45, 2.75) is 65.4 Å². The monoisotopic (exact) mass is 514 g/mol. The van der Waals surface area contributed by atoms with Crippen LogP contribution in [-0.2, 0) is 6.42 Å². The topological polar surface area (TPSA) is 69.6 Å². The van der Waals surface area contributed by atoms with Crippen molar-refractivity contribution in [1.29, 1.82) is 0 Å². The van der Waals surface area contributed by atoms with Crippen LogP contribution in [0, 0.1) is 30.4 Å². The first-order valence-electron chi connectivity index (χ1n) is 13.5. The van der Waals surface area contributed by atoms with E-state index in [0.717, 1.165) is 43.9 Å². The number of piperidine rings is 1. The molecule has 3 atom stereocenters. The summed E-state index contributed by atoms with van der Waals surface area (Å²) in [5.41, 5.74) is 2.11. The average Bonchev–Trinajstić information content (AvgIpc) is 2.87. The zero-order valence-electron chi connectivity index (χ0n) is 22.2. The van der Waals surface area contributed by atoms with Crippen LogP contribution in [0.1, 0.15) is 77.8 Å². The van der Waals surface area contributed by atoms with E-state index >= 15 is 0 Å². The van der Waals surface area contributed by atoms with E-state index in [0.29, 0.717) is 36.3 Å². The van der Waals surface area contributed by atoms with Crippen molar-refractivity contribution in [1.82, 2.24) is 10.2 Å². The maximum atomic E-state index is 13.9. The zero-order valence-corrected chi connectivity index (χ0v) is 22.2. The molecule has 1 heterocycles. The fourth-order valence-corrected chi connectivity index (χ4v) is 5.36. The van der Waals surface area contributed by atoms with Crippen molar-refractivity contribution in [2.75, 3.05) is 26.2 Å². The second-order valence-corrected chi connectivity index (χ2v) is 10.3. The van der Waals surface area contributed by atoms with Gasteiger partial charge in [0.2, 0.25) is 0 Å². The van der Waals surface area contributed by atoms with Crippen molar-refractivity contribution in [2.24, 2.45) is 11.8 Å². The molecule has 0 radical (unpaired) electrons. The summed E-state index contributed by atoms with van der Waals surface area (Å²) in [5, 5.41) is 14.6. The third-order valence-electron chi connectivity index (χ3n) is 7.09. The van der Waals surface area contributed by atoms with Gasteiger partial charge in [-0.2, -0.15) is 0 Å². The molecule has 0 aliphatic carbocycles. The zero-order chi connectivity index (χ0) is 26.9. The minimum absolute atomic E-state index is 0.0144. The van der Waals surface area contributed by atoms with Gasteiger partial charge in [-0.05, 0) is 98.9 Å². The lowest BCUT2D eigenvalue weighted by atomic mass is 9.79. The Morgan fingerprint density at radius 2 is 1.68 bits per heavy atom. The number of nitrogens with one attached hydrogen (secondary N) is 1. The van der Waals surface area contributed by atoms with Crippen LogP contribution in [0.15, 0.2) is 36.4 Å². The summed E-state index contributed by atoms with van der Waals surface area (Å²) >= 11 is 0. The highest BCUT2D eigenvalue weighted by atomic mass is 19.1. The molecule has 2 aromatic rings. The quantitative estimate of drug-likeness (QED) is 0.376. The molecule has 1 aliphatic rings. The van der Waals surface area contributed by atoms with E-state index < -0.39 is 23.7 Å². The number of carbonyl (C=O) groups excluding carboxylic acids is 2. The number of ketones is 1. The second kappa shape index (κ2) is 13.8. The van der Waals surface area contributed by atoms with Crippen LogP contribution in [0.25, 0.3) is 0 Å². The van der Waals surface area contributed by atoms with Gasteiger partial charge >= 0.3 is 0 Å². The van der Waals surface area contributed by atoms with E-state index in [1.165, 1.54) is 12.1 Å². The van der Waals surface area contributed by atoms with E-state index in [9.17, 15) is 23.5 Å². The Hall–Kier alpha value is -2.64. The molecule has 0 bridgehead atoms. The van der Waals surface area contributed by atoms with Gasteiger partial charge in [0.05, 0.1) is 6.10 Å². The number of aliphatic hydroxyl groups is 1. The molecule has 1 saturated heterocycles. The van der Waals surface area contributed by atoms with E-state index in [1.54, 1.807) is 18.2 Å². The highest BCUT2D eigenvalue weighted by Gasteiger charge is 2.31. The average molecular weight is 515 g/mol. The van der Waals surface area contributed by atoms with Crippen LogP contribution in [0.2, 0.25) is 0 Å². The van der Waals surface area contributed by atoms with Crippen molar-refractivity contribution in [3.63, 3.8) is 0 Å². The third kappa shape index (κ3) is 8.17. The number of halogens is 2. The van der Waals surface area contributed by atoms with Gasteiger partial charge in [0, 0.05) is 43.2 Å². The lowest BCUT2D eigenvalue weighted by Gasteiger charge is -2.32. The molecule has 1 amide bonds. The Morgan fingerprint density at radius 3 is 2.27 bits per heavy atom. The number of aliphatic hydroxyl groups excluding tert-OH is 1. The lowest BCUT2D eigenvalue weighted by molar-refractivity contribution is 0.0342. The molecular formula is C30H40F2N2O3. The number of rotatable bonds is 12. The van der Waals surface area contributed by atoms with Gasteiger partial charge in [-0.3, -0.25) is 9.59 Å². The fraction of sp³-hybridized carbons (Fsp3) is 0.533. The Bertz CT molecular complexity index is 1040. The summed E-state index contributed by atoms with van der Waals surface area (Å²) in [6.07, 6.45) is 2.82. The van der Waals surface area contributed by atoms with E-state index in [2.05, 4.69) is 5.32 Å². The van der Waals surface area contributed by atoms with Crippen LogP contribution in [-0.4, -0.2) is 54.0 Å². The van der Waals surface area contributed by atoms with Crippen molar-refractivity contribution >= 4 is 11.7 Å². The number of hydrogen-bond donors (Lipinski definition) is 2. The van der Waals surface area contributed by atoms with E-state index in [4.69, 9.17) is 0 Å². The van der Waals surface area contributed by atoms with Gasteiger partial charge in [0.25, 0.3) is 5.91 Å². The molecule has 1 fully saturated rings. The van der Waals surface area contributed by atoms with Crippen molar-refractivity contribution in [3.05, 3.63) is 70.3 Å². The Morgan fingerprint density at radius 1 is 1.03 bits per heavy atom. The van der Waals surface area contributed by atoms with E-state index in [1.807, 2.05) is 25.7 Å². The van der Waals surface area contributed by atoms with Crippen LogP contribution >= 0.6 is 0 Å². The maximum absolute atomic E-state index is 13.9. The van der Waals surface area contributed by atoms with Gasteiger partial charge in [-0.15, -0.1) is 0 Å². The number of hydrogen-bond acceptors (Lipinski definition) is 4. The third-order valence-corrected chi connectivity index (χ3v) is 7.09. The molecule has 37 heavy (non-hydrogen) atoms. The molecule has 7 heteroatoms. The molecule has 0 spiro atoms. The Kier molecular flexibility index (Phi) is 10.8. The Balaban J connectivity index is 1.86. The first kappa shape index (κ1) is 28.9. The number of aryl methyl sites for hydroxylation is 1. The molecule has 3 rings (SSSR count). The summed E-state index contributed by atoms with van der Waals surface area (Å²) in [5.74, 6) is -2.22. The molecule has 0 aromatic heterocycles. The molecule has 2 N–H and O–H groups in total. The molecule has 0 saturated carbocycles. The molecule has 1 aliphatic heterocycles. The number of carbonyl (C=O) groups is 2. The molecule has 2 unspecified atom stereocenters. The summed E-state index contributed by atoms with van der Waals surface area (Å²) in [6.45, 7) is 8.73. The van der Waals surface area contributed by atoms with Gasteiger partial charge in [0.1, 0.15) is 11.6 Å². The predicted molar refractivity (Wildman–Crippen MR) is 142 cm³/mol. The smallest absolute Gasteiger partial charge is 0.253 e. The summed E-state index contributed by atoms with van der Waals surface area (Å²) in [4.78, 5) is 28.5. The second-order valence-electron chi connectivity index (χ2n) is 10.3. The minimum Gasteiger partial charge on any atom is -0.392 e. The van der Waals surface area contributed by atoms with Gasteiger partial charge in [0.15, 0.2) is 5.78 Å². The van der Waals surface area contributed by atoms with Gasteiger partial charge in [-0.1, -0.05) is 13.8 Å². The summed E-state index contributed by atoms with van der Waals surface area (Å²) in [6, 6.07) is 8.53. The van der Waals surface area contributed by atoms with Crippen molar-refractivity contribution < 1.29 is 23.5 Å². The van der Waals surface area contributed by atoms with Crippen molar-refractivity contribution in [3.8, 4) is 0 Å². The lowest BCUT2D eigenvalue weighted by Crippen LogP contribution is -2.41. The number of amides is 1. The van der Waals surface area contributed by atoms with Crippen LogP contribution in [0.4, 0.5) is 8.78 Å². The number of Topliss-reactive ketones (excluding diaryl/α,β-unsaturated/α-hetero) is 1. The number of benzene rings is 2. The first-order valence-corrected chi connectivity index (χ1v) is 13.5. The number of nitrogens with zero attached hydrogens (tertiary/aromatic N) is 1. The highest BCUT2D eigenvalue weighted by molar-refractivity contribution is 6.01. The minimum atomic E-state index is -0.807. The molecule has 5 nitrogen and oxygen atoms in total. The highest BCUT2D eigenvalue weighted by Crippen LogP contribution is 2.28. The normalized spacial score (nSPS) is 17.3. The van der Waals surface area contributed by atoms with Gasteiger partial charge < -0.3 is 15.3 Å². The molecular weight excluding hydrogens is 474 g/mol. The first-order chi connectivity index (χ1) is 17.7. The van der Waals surface area contributed by atoms with E-state index in [-0.39, 0.29) is 30.4 Å². The van der Waals surface area contributed by atoms with Crippen LogP contribution in [0.5, 0.6) is 0 Å². The van der Waals surface area contributed by atoms with Gasteiger partial charge in [-0.25, -0.2) is 8.78 Å². The predicted octanol–water partition coefficient (Wildman–Crippen LogP) is 5.33. The fourth-order valence-electron chi connectivity index (χ4n) is 5.36. The SMILES string of the molecule is CCCN(CCC)C(=O)c1cc(C)cc(C(=O)CC(Cc2cc(F)cc(F)c2)[C@H](O)C2CCCNC2)c1. The van der Waals surface area contributed by atoms with Crippen LogP contribution in [0.3, 0.4) is 0 Å². The molecule has 2 aromatic carbocycles. The summed E-state index contributed by atoms with van der Waals surface area (Å²) in [7, 11) is 0. The summed E-state index contributed by atoms with van der Waals surface area (Å²) < 4.78 is 27.8. The standard InChI is InChI=1S/C30H40F2N2O3/c1-4-9-34(10-5-2)30(37)25-12-20(3)11-23(16-25)28(35)17-24(29(36)22-7-6-8-33-19-22)13-21-14-26(31)18-27(32)15-21/h11-12,14-16,18,22,24,29,33,36H,4-10,13,17,19H2,1-3H3/t22?,24?,29-/m1/s1.